The average molecular weight is 582 g/mol. The van der Waals surface area contributed by atoms with Gasteiger partial charge in [0, 0.05) is 10.8 Å². The molecule has 9 rings (SSSR count). The van der Waals surface area contributed by atoms with E-state index in [0.717, 1.165) is 10.8 Å². The molecule has 1 aromatic heterocycles. The quantitative estimate of drug-likeness (QED) is 0.188. The zero-order chi connectivity index (χ0) is 37.6. The highest BCUT2D eigenvalue weighted by Crippen LogP contribution is 2.48. The first-order chi connectivity index (χ1) is 26.1. The third-order valence-corrected chi connectivity index (χ3v) is 8.42. The van der Waals surface area contributed by atoms with Gasteiger partial charge in [-0.05, 0) is 84.3 Å². The van der Waals surface area contributed by atoms with Gasteiger partial charge in [0.05, 0.1) is 12.3 Å². The number of fused-ring (bicyclic) bond motifs is 5. The second kappa shape index (κ2) is 10.4. The van der Waals surface area contributed by atoms with Crippen LogP contribution in [0.5, 0.6) is 0 Å². The molecule has 0 aliphatic heterocycles. The second-order valence-electron chi connectivity index (χ2n) is 10.9. The Kier molecular flexibility index (Phi) is 4.15. The van der Waals surface area contributed by atoms with Gasteiger partial charge in [-0.15, -0.1) is 0 Å². The number of benzene rings is 8. The van der Waals surface area contributed by atoms with Crippen molar-refractivity contribution in [2.45, 2.75) is 0 Å². The van der Waals surface area contributed by atoms with Gasteiger partial charge >= 0.3 is 0 Å². The topological polar surface area (TPSA) is 13.1 Å². The van der Waals surface area contributed by atoms with Crippen LogP contribution in [0.3, 0.4) is 0 Å². The van der Waals surface area contributed by atoms with Gasteiger partial charge in [-0.2, -0.15) is 0 Å². The molecule has 0 bridgehead atoms. The molecule has 8 aromatic carbocycles. The van der Waals surface area contributed by atoms with Crippen LogP contribution in [0.1, 0.15) is 12.3 Å². The van der Waals surface area contributed by atoms with Gasteiger partial charge in [0.15, 0.2) is 0 Å². The SMILES string of the molecule is [2H]c1c([2H])c([2H])c(-c2cc3c(cc2-c2c4ccccc4c(-c4c([2H])c([2H])c(-c5ccccc5)c([2H])c4[2H])c4ccccc24)oc2ccccc23)c([2H])c1[2H]. The van der Waals surface area contributed by atoms with Gasteiger partial charge in [-0.3, -0.25) is 0 Å². The molecule has 9 aromatic rings. The first kappa shape index (κ1) is 18.0. The Hall–Kier alpha value is -5.92. The molecule has 45 heavy (non-hydrogen) atoms. The maximum absolute atomic E-state index is 9.33. The van der Waals surface area contributed by atoms with Crippen LogP contribution in [0.15, 0.2) is 174 Å². The summed E-state index contributed by atoms with van der Waals surface area (Å²) in [7, 11) is 0. The number of furan rings is 1. The van der Waals surface area contributed by atoms with Crippen LogP contribution in [0.2, 0.25) is 0 Å². The Bertz CT molecular complexity index is 2930. The summed E-state index contributed by atoms with van der Waals surface area (Å²) in [5.74, 6) is 0. The molecule has 0 aliphatic rings. The van der Waals surface area contributed by atoms with Gasteiger partial charge in [0.25, 0.3) is 0 Å². The van der Waals surface area contributed by atoms with Crippen molar-refractivity contribution < 1.29 is 16.8 Å². The molecule has 0 atom stereocenters. The lowest BCUT2D eigenvalue weighted by atomic mass is 9.83. The number of hydrogen-bond acceptors (Lipinski definition) is 1. The highest BCUT2D eigenvalue weighted by Gasteiger charge is 2.21. The number of hydrogen-bond donors (Lipinski definition) is 0. The molecule has 210 valence electrons. The summed E-state index contributed by atoms with van der Waals surface area (Å²) in [4.78, 5) is 0. The predicted octanol–water partition coefficient (Wildman–Crippen LogP) is 12.6. The third-order valence-electron chi connectivity index (χ3n) is 8.42. The molecule has 0 fully saturated rings. The standard InChI is InChI=1S/C44H28O/c1-3-13-29(14-4-1)30-23-25-32(26-24-30)43-34-18-7-9-20-36(34)44(37-21-10-8-19-35(37)43)40-28-42-39(33-17-11-12-22-41(33)45-42)27-38(40)31-15-5-2-6-16-31/h1-28H/i2D,5D,6D,15D,16D,23D,24D,25D,26D. The third kappa shape index (κ3) is 4.17. The van der Waals surface area contributed by atoms with E-state index in [0.29, 0.717) is 60.5 Å². The summed E-state index contributed by atoms with van der Waals surface area (Å²) >= 11 is 0. The van der Waals surface area contributed by atoms with Crippen molar-refractivity contribution in [3.05, 3.63) is 170 Å². The lowest BCUT2D eigenvalue weighted by molar-refractivity contribution is 0.669. The minimum Gasteiger partial charge on any atom is -0.456 e. The van der Waals surface area contributed by atoms with Crippen LogP contribution in [-0.4, -0.2) is 0 Å². The van der Waals surface area contributed by atoms with E-state index in [4.69, 9.17) is 14.0 Å². The lowest BCUT2D eigenvalue weighted by Crippen LogP contribution is -1.93. The van der Waals surface area contributed by atoms with Gasteiger partial charge < -0.3 is 4.42 Å². The Labute approximate surface area is 274 Å². The van der Waals surface area contributed by atoms with Gasteiger partial charge in [-0.25, -0.2) is 0 Å². The molecule has 0 saturated heterocycles. The first-order valence-corrected chi connectivity index (χ1v) is 14.7. The molecule has 1 heteroatoms. The van der Waals surface area contributed by atoms with E-state index in [1.54, 1.807) is 24.3 Å². The van der Waals surface area contributed by atoms with E-state index < -0.39 is 18.1 Å². The zero-order valence-electron chi connectivity index (χ0n) is 32.9. The summed E-state index contributed by atoms with van der Waals surface area (Å²) in [6, 6.07) is 32.7. The van der Waals surface area contributed by atoms with Crippen LogP contribution in [0, 0.1) is 0 Å². The van der Waals surface area contributed by atoms with E-state index in [2.05, 4.69) is 0 Å². The summed E-state index contributed by atoms with van der Waals surface area (Å²) in [5.41, 5.74) is 4.46. The van der Waals surface area contributed by atoms with Crippen LogP contribution >= 0.6 is 0 Å². The molecule has 1 nitrogen and oxygen atoms in total. The van der Waals surface area contributed by atoms with Crippen molar-refractivity contribution in [2.24, 2.45) is 0 Å². The summed E-state index contributed by atoms with van der Waals surface area (Å²) < 4.78 is 86.7. The van der Waals surface area contributed by atoms with Crippen LogP contribution in [-0.2, 0) is 0 Å². The fraction of sp³-hybridized carbons (Fsp3) is 0. The number of rotatable bonds is 4. The van der Waals surface area contributed by atoms with Crippen molar-refractivity contribution in [1.82, 2.24) is 0 Å². The second-order valence-corrected chi connectivity index (χ2v) is 10.9. The van der Waals surface area contributed by atoms with Gasteiger partial charge in [-0.1, -0.05) is 151 Å². The van der Waals surface area contributed by atoms with E-state index in [-0.39, 0.29) is 52.9 Å². The molecule has 0 radical (unpaired) electrons. The van der Waals surface area contributed by atoms with Crippen molar-refractivity contribution >= 4 is 43.5 Å². The molecule has 0 spiro atoms. The first-order valence-electron chi connectivity index (χ1n) is 19.2. The Morgan fingerprint density at radius 3 is 1.58 bits per heavy atom. The van der Waals surface area contributed by atoms with Crippen LogP contribution in [0.25, 0.3) is 88.0 Å². The molecule has 0 unspecified atom stereocenters. The van der Waals surface area contributed by atoms with Crippen molar-refractivity contribution in [3.8, 4) is 44.5 Å². The fourth-order valence-corrected chi connectivity index (χ4v) is 6.44. The molecule has 0 N–H and O–H groups in total. The largest absolute Gasteiger partial charge is 0.456 e. The molecule has 0 saturated carbocycles. The monoisotopic (exact) mass is 581 g/mol. The maximum Gasteiger partial charge on any atom is 0.136 e. The van der Waals surface area contributed by atoms with E-state index in [9.17, 15) is 2.74 Å². The lowest BCUT2D eigenvalue weighted by Gasteiger charge is -2.20. The number of para-hydroxylation sites is 1. The minimum atomic E-state index is -0.483. The zero-order valence-corrected chi connectivity index (χ0v) is 23.9. The van der Waals surface area contributed by atoms with Crippen molar-refractivity contribution in [2.75, 3.05) is 0 Å². The average Bonchev–Trinajstić information content (AvgIpc) is 3.56. The maximum atomic E-state index is 9.33. The summed E-state index contributed by atoms with van der Waals surface area (Å²) in [5, 5.41) is 4.29. The Morgan fingerprint density at radius 2 is 0.911 bits per heavy atom. The van der Waals surface area contributed by atoms with Gasteiger partial charge in [0.1, 0.15) is 11.2 Å². The minimum absolute atomic E-state index is 0.0523. The molecule has 0 aliphatic carbocycles. The Balaban J connectivity index is 1.45. The van der Waals surface area contributed by atoms with Crippen molar-refractivity contribution in [3.63, 3.8) is 0 Å². The van der Waals surface area contributed by atoms with E-state index >= 15 is 0 Å². The summed E-state index contributed by atoms with van der Waals surface area (Å²) in [6.45, 7) is 0. The molecule has 1 heterocycles. The molecule has 0 amide bonds. The highest BCUT2D eigenvalue weighted by molar-refractivity contribution is 6.23. The normalized spacial score (nSPS) is 14.4. The van der Waals surface area contributed by atoms with Crippen molar-refractivity contribution in [1.29, 1.82) is 0 Å². The molecular weight excluding hydrogens is 544 g/mol. The smallest absolute Gasteiger partial charge is 0.136 e. The van der Waals surface area contributed by atoms with E-state index in [1.165, 1.54) is 0 Å². The predicted molar refractivity (Wildman–Crippen MR) is 190 cm³/mol. The van der Waals surface area contributed by atoms with Crippen LogP contribution in [0.4, 0.5) is 0 Å². The van der Waals surface area contributed by atoms with E-state index in [1.807, 2.05) is 91.0 Å². The fourth-order valence-electron chi connectivity index (χ4n) is 6.44. The van der Waals surface area contributed by atoms with Gasteiger partial charge in [0.2, 0.25) is 0 Å². The van der Waals surface area contributed by atoms with Crippen LogP contribution < -0.4 is 0 Å². The Morgan fingerprint density at radius 1 is 0.356 bits per heavy atom. The summed E-state index contributed by atoms with van der Waals surface area (Å²) in [6.07, 6.45) is 0. The highest BCUT2D eigenvalue weighted by atomic mass is 16.3. The molecular formula is C44H28O.